The Morgan fingerprint density at radius 2 is 1.75 bits per heavy atom. The molecule has 1 aromatic heterocycles. The van der Waals surface area contributed by atoms with Crippen LogP contribution in [0.3, 0.4) is 0 Å². The monoisotopic (exact) mass is 221 g/mol. The van der Waals surface area contributed by atoms with Gasteiger partial charge in [0, 0.05) is 18.0 Å². The highest BCUT2D eigenvalue weighted by Crippen LogP contribution is 2.24. The van der Waals surface area contributed by atoms with Gasteiger partial charge in [-0.2, -0.15) is 0 Å². The maximum Gasteiger partial charge on any atom is 0.129 e. The molecule has 1 atom stereocenters. The molecule has 4 heteroatoms. The van der Waals surface area contributed by atoms with E-state index in [1.165, 1.54) is 12.4 Å². The first-order valence-corrected chi connectivity index (χ1v) is 4.71. The van der Waals surface area contributed by atoms with Crippen molar-refractivity contribution in [3.8, 4) is 0 Å². The van der Waals surface area contributed by atoms with Crippen molar-refractivity contribution in [3.63, 3.8) is 0 Å². The van der Waals surface area contributed by atoms with Gasteiger partial charge < -0.3 is 5.11 Å². The van der Waals surface area contributed by atoms with Crippen LogP contribution in [-0.2, 0) is 0 Å². The summed E-state index contributed by atoms with van der Waals surface area (Å²) in [5.74, 6) is -1.21. The summed E-state index contributed by atoms with van der Waals surface area (Å²) in [6.45, 7) is 0. The topological polar surface area (TPSA) is 33.1 Å². The standard InChI is InChI=1S/C12H9F2NO/c13-9-1-2-11(14)10(7-9)12(16)8-3-5-15-6-4-8/h1-7,12,16H. The molecule has 0 spiro atoms. The van der Waals surface area contributed by atoms with Crippen molar-refractivity contribution in [2.45, 2.75) is 6.10 Å². The smallest absolute Gasteiger partial charge is 0.129 e. The van der Waals surface area contributed by atoms with E-state index >= 15 is 0 Å². The number of aliphatic hydroxyl groups is 1. The highest BCUT2D eigenvalue weighted by Gasteiger charge is 2.15. The van der Waals surface area contributed by atoms with E-state index in [0.29, 0.717) is 5.56 Å². The van der Waals surface area contributed by atoms with Gasteiger partial charge in [-0.3, -0.25) is 4.98 Å². The van der Waals surface area contributed by atoms with Crippen LogP contribution in [0, 0.1) is 11.6 Å². The van der Waals surface area contributed by atoms with Crippen LogP contribution in [0.1, 0.15) is 17.2 Å². The zero-order valence-corrected chi connectivity index (χ0v) is 8.27. The van der Waals surface area contributed by atoms with E-state index in [-0.39, 0.29) is 5.56 Å². The van der Waals surface area contributed by atoms with Gasteiger partial charge in [0.2, 0.25) is 0 Å². The average Bonchev–Trinajstić information content (AvgIpc) is 2.32. The van der Waals surface area contributed by atoms with E-state index in [0.717, 1.165) is 18.2 Å². The van der Waals surface area contributed by atoms with Crippen LogP contribution in [0.4, 0.5) is 8.78 Å². The molecule has 0 aliphatic carbocycles. The lowest BCUT2D eigenvalue weighted by molar-refractivity contribution is 0.214. The fourth-order valence-electron chi connectivity index (χ4n) is 1.45. The van der Waals surface area contributed by atoms with Gasteiger partial charge in [-0.25, -0.2) is 8.78 Å². The minimum atomic E-state index is -1.18. The Bertz CT molecular complexity index is 488. The van der Waals surface area contributed by atoms with Crippen LogP contribution >= 0.6 is 0 Å². The van der Waals surface area contributed by atoms with Gasteiger partial charge in [0.25, 0.3) is 0 Å². The number of halogens is 2. The number of hydrogen-bond acceptors (Lipinski definition) is 2. The molecule has 1 heterocycles. The summed E-state index contributed by atoms with van der Waals surface area (Å²) in [6.07, 6.45) is 1.78. The van der Waals surface area contributed by atoms with Crippen molar-refractivity contribution in [1.29, 1.82) is 0 Å². The van der Waals surface area contributed by atoms with Crippen LogP contribution in [0.2, 0.25) is 0 Å². The van der Waals surface area contributed by atoms with Crippen LogP contribution in [-0.4, -0.2) is 10.1 Å². The van der Waals surface area contributed by atoms with Crippen LogP contribution < -0.4 is 0 Å². The maximum atomic E-state index is 13.4. The highest BCUT2D eigenvalue weighted by atomic mass is 19.1. The lowest BCUT2D eigenvalue weighted by atomic mass is 10.0. The predicted octanol–water partition coefficient (Wildman–Crippen LogP) is 2.44. The van der Waals surface area contributed by atoms with E-state index in [1.54, 1.807) is 12.1 Å². The Morgan fingerprint density at radius 3 is 2.44 bits per heavy atom. The highest BCUT2D eigenvalue weighted by molar-refractivity contribution is 5.29. The van der Waals surface area contributed by atoms with Gasteiger partial charge in [-0.05, 0) is 35.9 Å². The second kappa shape index (κ2) is 4.37. The minimum Gasteiger partial charge on any atom is -0.384 e. The summed E-state index contributed by atoms with van der Waals surface area (Å²) in [5, 5.41) is 9.86. The van der Waals surface area contributed by atoms with Crippen LogP contribution in [0.15, 0.2) is 42.7 Å². The summed E-state index contributed by atoms with van der Waals surface area (Å²) in [5.41, 5.74) is 0.394. The fourth-order valence-corrected chi connectivity index (χ4v) is 1.45. The molecular formula is C12H9F2NO. The molecule has 2 rings (SSSR count). The number of nitrogens with zero attached hydrogens (tertiary/aromatic N) is 1. The lowest BCUT2D eigenvalue weighted by Crippen LogP contribution is -2.03. The third kappa shape index (κ3) is 2.06. The Hall–Kier alpha value is -1.81. The van der Waals surface area contributed by atoms with Gasteiger partial charge in [-0.1, -0.05) is 0 Å². The summed E-state index contributed by atoms with van der Waals surface area (Å²) < 4.78 is 26.3. The van der Waals surface area contributed by atoms with Crippen molar-refractivity contribution >= 4 is 0 Å². The lowest BCUT2D eigenvalue weighted by Gasteiger charge is -2.11. The molecule has 2 aromatic rings. The van der Waals surface area contributed by atoms with Gasteiger partial charge in [0.15, 0.2) is 0 Å². The molecule has 0 saturated heterocycles. The van der Waals surface area contributed by atoms with Crippen LogP contribution in [0.25, 0.3) is 0 Å². The third-order valence-corrected chi connectivity index (χ3v) is 2.27. The zero-order valence-electron chi connectivity index (χ0n) is 8.27. The van der Waals surface area contributed by atoms with Crippen molar-refractivity contribution < 1.29 is 13.9 Å². The largest absolute Gasteiger partial charge is 0.384 e. The van der Waals surface area contributed by atoms with Gasteiger partial charge in [-0.15, -0.1) is 0 Å². The van der Waals surface area contributed by atoms with Crippen molar-refractivity contribution in [2.75, 3.05) is 0 Å². The van der Waals surface area contributed by atoms with Crippen LogP contribution in [0.5, 0.6) is 0 Å². The molecule has 82 valence electrons. The first kappa shape index (κ1) is 10.7. The molecule has 1 unspecified atom stereocenters. The quantitative estimate of drug-likeness (QED) is 0.844. The van der Waals surface area contributed by atoms with E-state index < -0.39 is 17.7 Å². The second-order valence-electron chi connectivity index (χ2n) is 3.35. The summed E-state index contributed by atoms with van der Waals surface area (Å²) >= 11 is 0. The van der Waals surface area contributed by atoms with Crippen molar-refractivity contribution in [2.24, 2.45) is 0 Å². The predicted molar refractivity (Wildman–Crippen MR) is 54.7 cm³/mol. The molecule has 1 N–H and O–H groups in total. The number of benzene rings is 1. The van der Waals surface area contributed by atoms with Crippen molar-refractivity contribution in [1.82, 2.24) is 4.98 Å². The molecular weight excluding hydrogens is 212 g/mol. The SMILES string of the molecule is OC(c1ccncc1)c1cc(F)ccc1F. The summed E-state index contributed by atoms with van der Waals surface area (Å²) in [7, 11) is 0. The summed E-state index contributed by atoms with van der Waals surface area (Å²) in [6, 6.07) is 6.09. The molecule has 0 aliphatic rings. The van der Waals surface area contributed by atoms with E-state index in [2.05, 4.69) is 4.98 Å². The Kier molecular flexibility index (Phi) is 2.92. The van der Waals surface area contributed by atoms with E-state index in [4.69, 9.17) is 0 Å². The number of aliphatic hydroxyl groups excluding tert-OH is 1. The molecule has 2 nitrogen and oxygen atoms in total. The average molecular weight is 221 g/mol. The first-order chi connectivity index (χ1) is 7.68. The van der Waals surface area contributed by atoms with Crippen molar-refractivity contribution in [3.05, 3.63) is 65.5 Å². The molecule has 0 bridgehead atoms. The fraction of sp³-hybridized carbons (Fsp3) is 0.0833. The molecule has 16 heavy (non-hydrogen) atoms. The zero-order chi connectivity index (χ0) is 11.5. The maximum absolute atomic E-state index is 13.4. The number of hydrogen-bond donors (Lipinski definition) is 1. The normalized spacial score (nSPS) is 12.4. The number of pyridine rings is 1. The molecule has 0 fully saturated rings. The second-order valence-corrected chi connectivity index (χ2v) is 3.35. The molecule has 0 saturated carbocycles. The molecule has 0 aliphatic heterocycles. The van der Waals surface area contributed by atoms with Gasteiger partial charge >= 0.3 is 0 Å². The van der Waals surface area contributed by atoms with E-state index in [9.17, 15) is 13.9 Å². The molecule has 0 amide bonds. The molecule has 0 radical (unpaired) electrons. The Labute approximate surface area is 91.2 Å². The first-order valence-electron chi connectivity index (χ1n) is 4.71. The number of aromatic nitrogens is 1. The van der Waals surface area contributed by atoms with E-state index in [1.807, 2.05) is 0 Å². The Morgan fingerprint density at radius 1 is 1.06 bits per heavy atom. The Balaban J connectivity index is 2.41. The van der Waals surface area contributed by atoms with Gasteiger partial charge in [0.1, 0.15) is 17.7 Å². The van der Waals surface area contributed by atoms with Gasteiger partial charge in [0.05, 0.1) is 0 Å². The summed E-state index contributed by atoms with van der Waals surface area (Å²) in [4.78, 5) is 3.78. The third-order valence-electron chi connectivity index (χ3n) is 2.27. The number of rotatable bonds is 2. The molecule has 1 aromatic carbocycles. The minimum absolute atomic E-state index is 0.0776.